The second kappa shape index (κ2) is 8.97. The summed E-state index contributed by atoms with van der Waals surface area (Å²) in [6.45, 7) is 3.68. The number of rotatable bonds is 8. The molecule has 152 valence electrons. The van der Waals surface area contributed by atoms with E-state index in [9.17, 15) is 13.2 Å². The van der Waals surface area contributed by atoms with E-state index in [4.69, 9.17) is 9.47 Å². The molecule has 0 unspecified atom stereocenters. The van der Waals surface area contributed by atoms with Crippen LogP contribution >= 0.6 is 0 Å². The molecule has 0 aliphatic heterocycles. The molecule has 0 heterocycles. The smallest absolute Gasteiger partial charge is 0.248 e. The maximum absolute atomic E-state index is 13.0. The number of aryl methyl sites for hydroxylation is 1. The van der Waals surface area contributed by atoms with E-state index in [1.165, 1.54) is 14.2 Å². The topological polar surface area (TPSA) is 84.9 Å². The first-order valence-electron chi connectivity index (χ1n) is 8.80. The minimum atomic E-state index is -3.68. The van der Waals surface area contributed by atoms with Crippen molar-refractivity contribution in [2.24, 2.45) is 0 Å². The molecule has 0 saturated carbocycles. The second-order valence-electron chi connectivity index (χ2n) is 6.37. The van der Waals surface area contributed by atoms with E-state index in [1.54, 1.807) is 37.3 Å². The normalized spacial score (nSPS) is 12.2. The van der Waals surface area contributed by atoms with Gasteiger partial charge >= 0.3 is 0 Å². The van der Waals surface area contributed by atoms with E-state index < -0.39 is 22.0 Å². The van der Waals surface area contributed by atoms with Gasteiger partial charge in [-0.15, -0.1) is 0 Å². The first-order chi connectivity index (χ1) is 13.2. The number of carbonyl (C=O) groups is 1. The summed E-state index contributed by atoms with van der Waals surface area (Å²) >= 11 is 0. The highest BCUT2D eigenvalue weighted by molar-refractivity contribution is 7.92. The average molecular weight is 407 g/mol. The molecule has 0 aromatic heterocycles. The van der Waals surface area contributed by atoms with Crippen molar-refractivity contribution in [3.63, 3.8) is 0 Å². The van der Waals surface area contributed by atoms with Crippen LogP contribution in [0.1, 0.15) is 18.9 Å². The lowest BCUT2D eigenvalue weighted by molar-refractivity contribution is -0.117. The zero-order valence-corrected chi connectivity index (χ0v) is 17.5. The number of amides is 1. The molecule has 1 atom stereocenters. The lowest BCUT2D eigenvalue weighted by Gasteiger charge is -2.30. The summed E-state index contributed by atoms with van der Waals surface area (Å²) in [5.41, 5.74) is 1.87. The maximum Gasteiger partial charge on any atom is 0.248 e. The third kappa shape index (κ3) is 4.95. The Morgan fingerprint density at radius 1 is 1.11 bits per heavy atom. The van der Waals surface area contributed by atoms with Crippen molar-refractivity contribution >= 4 is 27.3 Å². The number of nitrogens with one attached hydrogen (secondary N) is 1. The van der Waals surface area contributed by atoms with Gasteiger partial charge in [0.15, 0.2) is 0 Å². The fourth-order valence-corrected chi connectivity index (χ4v) is 4.08. The molecule has 0 fully saturated rings. The number of benzene rings is 2. The number of hydrogen-bond donors (Lipinski definition) is 1. The number of hydrogen-bond acceptors (Lipinski definition) is 5. The van der Waals surface area contributed by atoms with Gasteiger partial charge in [-0.2, -0.15) is 0 Å². The van der Waals surface area contributed by atoms with Crippen LogP contribution in [0, 0.1) is 6.92 Å². The molecule has 0 radical (unpaired) electrons. The Morgan fingerprint density at radius 3 is 2.25 bits per heavy atom. The Hall–Kier alpha value is -2.74. The largest absolute Gasteiger partial charge is 0.497 e. The molecule has 2 rings (SSSR count). The number of carbonyl (C=O) groups excluding carboxylic acids is 1. The molecule has 7 nitrogen and oxygen atoms in total. The fraction of sp³-hybridized carbons (Fsp3) is 0.350. The third-order valence-electron chi connectivity index (χ3n) is 4.28. The Bertz CT molecular complexity index is 926. The predicted octanol–water partition coefficient (Wildman–Crippen LogP) is 3.20. The molecule has 28 heavy (non-hydrogen) atoms. The lowest BCUT2D eigenvalue weighted by Crippen LogP contribution is -2.47. The van der Waals surface area contributed by atoms with E-state index in [1.807, 2.05) is 19.1 Å². The van der Waals surface area contributed by atoms with Crippen LogP contribution in [0.4, 0.5) is 11.4 Å². The minimum Gasteiger partial charge on any atom is -0.497 e. The van der Waals surface area contributed by atoms with Gasteiger partial charge in [0.1, 0.15) is 17.5 Å². The summed E-state index contributed by atoms with van der Waals surface area (Å²) in [6, 6.07) is 11.1. The van der Waals surface area contributed by atoms with Crippen LogP contribution in [-0.2, 0) is 14.8 Å². The Balaban J connectivity index is 2.38. The van der Waals surface area contributed by atoms with Crippen LogP contribution in [-0.4, -0.2) is 40.8 Å². The highest BCUT2D eigenvalue weighted by Crippen LogP contribution is 2.30. The molecule has 0 aliphatic rings. The van der Waals surface area contributed by atoms with Gasteiger partial charge in [-0.1, -0.05) is 24.6 Å². The second-order valence-corrected chi connectivity index (χ2v) is 8.23. The van der Waals surface area contributed by atoms with Crippen molar-refractivity contribution in [1.29, 1.82) is 0 Å². The quantitative estimate of drug-likeness (QED) is 0.728. The zero-order chi connectivity index (χ0) is 20.9. The monoisotopic (exact) mass is 406 g/mol. The fourth-order valence-electron chi connectivity index (χ4n) is 2.87. The van der Waals surface area contributed by atoms with Crippen LogP contribution in [0.15, 0.2) is 42.5 Å². The van der Waals surface area contributed by atoms with Crippen LogP contribution in [0.25, 0.3) is 0 Å². The van der Waals surface area contributed by atoms with Crippen molar-refractivity contribution < 1.29 is 22.7 Å². The maximum atomic E-state index is 13.0. The summed E-state index contributed by atoms with van der Waals surface area (Å²) in [7, 11) is -0.668. The van der Waals surface area contributed by atoms with E-state index in [2.05, 4.69) is 5.32 Å². The van der Waals surface area contributed by atoms with Gasteiger partial charge in [-0.25, -0.2) is 8.42 Å². The molecule has 1 amide bonds. The van der Waals surface area contributed by atoms with Crippen LogP contribution < -0.4 is 19.1 Å². The molecule has 8 heteroatoms. The minimum absolute atomic E-state index is 0.297. The Labute approximate surface area is 166 Å². The summed E-state index contributed by atoms with van der Waals surface area (Å²) in [4.78, 5) is 13.0. The standard InChI is InChI=1S/C20H26N2O5S/c1-6-18(22(28(5,24)25)15-9-7-14(2)8-10-15)20(23)21-17-12-11-16(26-3)13-19(17)27-4/h7-13,18H,6H2,1-5H3,(H,21,23)/t18-/m0/s1. The van der Waals surface area contributed by atoms with Crippen molar-refractivity contribution in [2.75, 3.05) is 30.1 Å². The van der Waals surface area contributed by atoms with E-state index >= 15 is 0 Å². The highest BCUT2D eigenvalue weighted by atomic mass is 32.2. The number of ether oxygens (including phenoxy) is 2. The van der Waals surface area contributed by atoms with Crippen molar-refractivity contribution in [3.8, 4) is 11.5 Å². The van der Waals surface area contributed by atoms with Gasteiger partial charge in [0.2, 0.25) is 15.9 Å². The first kappa shape index (κ1) is 21.6. The molecular formula is C20H26N2O5S. The van der Waals surface area contributed by atoms with Crippen LogP contribution in [0.2, 0.25) is 0 Å². The van der Waals surface area contributed by atoms with Gasteiger partial charge in [-0.3, -0.25) is 9.10 Å². The predicted molar refractivity (Wildman–Crippen MR) is 111 cm³/mol. The van der Waals surface area contributed by atoms with Crippen molar-refractivity contribution in [3.05, 3.63) is 48.0 Å². The summed E-state index contributed by atoms with van der Waals surface area (Å²) in [5.74, 6) is 0.556. The summed E-state index contributed by atoms with van der Waals surface area (Å²) in [6.07, 6.45) is 1.39. The number of nitrogens with zero attached hydrogens (tertiary/aromatic N) is 1. The molecule has 2 aromatic rings. The van der Waals surface area contributed by atoms with Crippen LogP contribution in [0.5, 0.6) is 11.5 Å². The first-order valence-corrected chi connectivity index (χ1v) is 10.6. The third-order valence-corrected chi connectivity index (χ3v) is 5.46. The van der Waals surface area contributed by atoms with Crippen molar-refractivity contribution in [2.45, 2.75) is 26.3 Å². The molecule has 1 N–H and O–H groups in total. The number of methoxy groups -OCH3 is 2. The number of sulfonamides is 1. The van der Waals surface area contributed by atoms with Gasteiger partial charge < -0.3 is 14.8 Å². The van der Waals surface area contributed by atoms with E-state index in [-0.39, 0.29) is 0 Å². The molecular weight excluding hydrogens is 380 g/mol. The SMILES string of the molecule is CC[C@@H](C(=O)Nc1ccc(OC)cc1OC)N(c1ccc(C)cc1)S(C)(=O)=O. The molecule has 0 spiro atoms. The molecule has 2 aromatic carbocycles. The highest BCUT2D eigenvalue weighted by Gasteiger charge is 2.31. The number of anilines is 2. The van der Waals surface area contributed by atoms with E-state index in [0.29, 0.717) is 29.3 Å². The summed E-state index contributed by atoms with van der Waals surface area (Å²) < 4.78 is 36.6. The summed E-state index contributed by atoms with van der Waals surface area (Å²) in [5, 5.41) is 2.77. The molecule has 0 bridgehead atoms. The average Bonchev–Trinajstić information content (AvgIpc) is 2.66. The van der Waals surface area contributed by atoms with Gasteiger partial charge in [0.05, 0.1) is 31.9 Å². The van der Waals surface area contributed by atoms with Crippen molar-refractivity contribution in [1.82, 2.24) is 0 Å². The lowest BCUT2D eigenvalue weighted by atomic mass is 10.1. The Morgan fingerprint density at radius 2 is 1.75 bits per heavy atom. The van der Waals surface area contributed by atoms with Gasteiger partial charge in [0.25, 0.3) is 0 Å². The van der Waals surface area contributed by atoms with E-state index in [0.717, 1.165) is 16.1 Å². The van der Waals surface area contributed by atoms with Gasteiger partial charge in [0, 0.05) is 6.07 Å². The Kier molecular flexibility index (Phi) is 6.90. The molecule has 0 aliphatic carbocycles. The van der Waals surface area contributed by atoms with Crippen LogP contribution in [0.3, 0.4) is 0 Å². The zero-order valence-electron chi connectivity index (χ0n) is 16.7. The van der Waals surface area contributed by atoms with Gasteiger partial charge in [-0.05, 0) is 37.6 Å². The molecule has 0 saturated heterocycles.